The van der Waals surface area contributed by atoms with Crippen LogP contribution in [0.15, 0.2) is 6.20 Å². The van der Waals surface area contributed by atoms with Crippen molar-refractivity contribution in [3.63, 3.8) is 0 Å². The minimum Gasteiger partial charge on any atom is -0.463 e. The highest BCUT2D eigenvalue weighted by molar-refractivity contribution is 5.43. The van der Waals surface area contributed by atoms with Gasteiger partial charge in [-0.15, -0.1) is 0 Å². The summed E-state index contributed by atoms with van der Waals surface area (Å²) >= 11 is 0. The van der Waals surface area contributed by atoms with Crippen molar-refractivity contribution >= 4 is 11.6 Å². The van der Waals surface area contributed by atoms with Crippen molar-refractivity contribution in [1.82, 2.24) is 9.97 Å². The lowest BCUT2D eigenvalue weighted by Gasteiger charge is -2.09. The molecular weight excluding hydrogens is 269 g/mol. The predicted molar refractivity (Wildman–Crippen MR) is 59.0 cm³/mol. The molecule has 1 aromatic rings. The van der Waals surface area contributed by atoms with Gasteiger partial charge in [0.25, 0.3) is 5.88 Å². The third-order valence-corrected chi connectivity index (χ3v) is 1.84. The van der Waals surface area contributed by atoms with E-state index in [0.29, 0.717) is 6.54 Å². The van der Waals surface area contributed by atoms with E-state index in [1.807, 2.05) is 6.92 Å². The molecule has 0 bridgehead atoms. The van der Waals surface area contributed by atoms with Crippen molar-refractivity contribution in [3.05, 3.63) is 16.3 Å². The van der Waals surface area contributed by atoms with Crippen molar-refractivity contribution in [2.24, 2.45) is 0 Å². The number of hydrogen-bond acceptors (Lipinski definition) is 6. The first-order chi connectivity index (χ1) is 8.83. The van der Waals surface area contributed by atoms with E-state index in [9.17, 15) is 23.3 Å². The van der Waals surface area contributed by atoms with Crippen LogP contribution in [0.1, 0.15) is 13.3 Å². The van der Waals surface area contributed by atoms with Crippen LogP contribution in [0.5, 0.6) is 5.88 Å². The Morgan fingerprint density at radius 1 is 1.53 bits per heavy atom. The van der Waals surface area contributed by atoms with Crippen LogP contribution in [0.4, 0.5) is 24.8 Å². The van der Waals surface area contributed by atoms with Crippen molar-refractivity contribution in [3.8, 4) is 5.88 Å². The SMILES string of the molecule is CCCNc1ncc([N+](=O)[O-])c(OCC(F)(F)F)n1. The molecule has 0 amide bonds. The van der Waals surface area contributed by atoms with Gasteiger partial charge in [0.15, 0.2) is 6.61 Å². The molecule has 1 heterocycles. The molecule has 0 aliphatic heterocycles. The second kappa shape index (κ2) is 6.16. The first kappa shape index (κ1) is 14.9. The summed E-state index contributed by atoms with van der Waals surface area (Å²) in [5.41, 5.74) is -0.716. The quantitative estimate of drug-likeness (QED) is 0.634. The van der Waals surface area contributed by atoms with Gasteiger partial charge in [-0.3, -0.25) is 10.1 Å². The van der Waals surface area contributed by atoms with E-state index in [1.54, 1.807) is 0 Å². The van der Waals surface area contributed by atoms with Crippen molar-refractivity contribution in [1.29, 1.82) is 0 Å². The van der Waals surface area contributed by atoms with Gasteiger partial charge in [0.1, 0.15) is 6.20 Å². The number of anilines is 1. The highest BCUT2D eigenvalue weighted by Gasteiger charge is 2.31. The first-order valence-corrected chi connectivity index (χ1v) is 5.28. The van der Waals surface area contributed by atoms with Gasteiger partial charge in [-0.2, -0.15) is 18.2 Å². The van der Waals surface area contributed by atoms with Gasteiger partial charge in [-0.25, -0.2) is 4.98 Å². The molecule has 0 fully saturated rings. The molecule has 0 aliphatic rings. The minimum atomic E-state index is -4.60. The Kier molecular flexibility index (Phi) is 4.84. The minimum absolute atomic E-state index is 0.0235. The monoisotopic (exact) mass is 280 g/mol. The first-order valence-electron chi connectivity index (χ1n) is 5.28. The molecule has 0 spiro atoms. The molecule has 106 valence electrons. The molecule has 0 atom stereocenters. The summed E-state index contributed by atoms with van der Waals surface area (Å²) in [4.78, 5) is 16.9. The molecule has 1 rings (SSSR count). The standard InChI is InChI=1S/C9H11F3N4O3/c1-2-3-13-8-14-4-6(16(17)18)7(15-8)19-5-9(10,11)12/h4H,2-3,5H2,1H3,(H,13,14,15). The Balaban J connectivity index is 2.92. The van der Waals surface area contributed by atoms with E-state index in [1.165, 1.54) is 0 Å². The normalized spacial score (nSPS) is 11.2. The number of ether oxygens (including phenoxy) is 1. The molecule has 7 nitrogen and oxygen atoms in total. The number of aromatic nitrogens is 2. The highest BCUT2D eigenvalue weighted by atomic mass is 19.4. The Morgan fingerprint density at radius 2 is 2.21 bits per heavy atom. The maximum Gasteiger partial charge on any atom is 0.422 e. The summed E-state index contributed by atoms with van der Waals surface area (Å²) in [6.07, 6.45) is -3.06. The van der Waals surface area contributed by atoms with Gasteiger partial charge >= 0.3 is 11.9 Å². The van der Waals surface area contributed by atoms with Gasteiger partial charge < -0.3 is 10.1 Å². The molecular formula is C9H11F3N4O3. The maximum atomic E-state index is 12.0. The highest BCUT2D eigenvalue weighted by Crippen LogP contribution is 2.26. The second-order valence-electron chi connectivity index (χ2n) is 3.47. The topological polar surface area (TPSA) is 90.2 Å². The second-order valence-corrected chi connectivity index (χ2v) is 3.47. The molecule has 0 radical (unpaired) electrons. The van der Waals surface area contributed by atoms with Crippen molar-refractivity contribution in [2.75, 3.05) is 18.5 Å². The Morgan fingerprint density at radius 3 is 2.74 bits per heavy atom. The Hall–Kier alpha value is -2.13. The molecule has 0 saturated heterocycles. The fourth-order valence-electron chi connectivity index (χ4n) is 1.06. The predicted octanol–water partition coefficient (Wildman–Crippen LogP) is 2.15. The molecule has 0 aromatic carbocycles. The van der Waals surface area contributed by atoms with Crippen LogP contribution in [-0.4, -0.2) is 34.2 Å². The summed E-state index contributed by atoms with van der Waals surface area (Å²) in [6, 6.07) is 0. The third-order valence-electron chi connectivity index (χ3n) is 1.84. The van der Waals surface area contributed by atoms with Crippen LogP contribution in [0, 0.1) is 10.1 Å². The molecule has 0 aliphatic carbocycles. The zero-order chi connectivity index (χ0) is 14.5. The van der Waals surface area contributed by atoms with E-state index in [0.717, 1.165) is 12.6 Å². The Bertz CT molecular complexity index is 453. The van der Waals surface area contributed by atoms with Crippen molar-refractivity contribution < 1.29 is 22.8 Å². The van der Waals surface area contributed by atoms with Crippen molar-refractivity contribution in [2.45, 2.75) is 19.5 Å². The van der Waals surface area contributed by atoms with Crippen LogP contribution >= 0.6 is 0 Å². The molecule has 10 heteroatoms. The van der Waals surface area contributed by atoms with Crippen LogP contribution in [0.3, 0.4) is 0 Å². The van der Waals surface area contributed by atoms with Crippen LogP contribution in [0.2, 0.25) is 0 Å². The van der Waals surface area contributed by atoms with E-state index >= 15 is 0 Å². The number of nitro groups is 1. The molecule has 19 heavy (non-hydrogen) atoms. The molecule has 0 unspecified atom stereocenters. The summed E-state index contributed by atoms with van der Waals surface area (Å²) in [5, 5.41) is 13.3. The number of nitrogens with zero attached hydrogens (tertiary/aromatic N) is 3. The van der Waals surface area contributed by atoms with Gasteiger partial charge in [0.2, 0.25) is 5.95 Å². The number of rotatable bonds is 6. The summed E-state index contributed by atoms with van der Waals surface area (Å²) in [5.74, 6) is -0.736. The van der Waals surface area contributed by atoms with E-state index in [-0.39, 0.29) is 5.95 Å². The zero-order valence-electron chi connectivity index (χ0n) is 9.90. The third kappa shape index (κ3) is 4.94. The van der Waals surface area contributed by atoms with E-state index < -0.39 is 29.3 Å². The lowest BCUT2D eigenvalue weighted by molar-refractivity contribution is -0.386. The zero-order valence-corrected chi connectivity index (χ0v) is 9.90. The van der Waals surface area contributed by atoms with E-state index in [4.69, 9.17) is 0 Å². The van der Waals surface area contributed by atoms with Crippen LogP contribution in [0.25, 0.3) is 0 Å². The van der Waals surface area contributed by atoms with Gasteiger partial charge in [0, 0.05) is 6.54 Å². The average molecular weight is 280 g/mol. The molecule has 1 aromatic heterocycles. The van der Waals surface area contributed by atoms with Gasteiger partial charge in [-0.1, -0.05) is 6.92 Å². The summed E-state index contributed by atoms with van der Waals surface area (Å²) < 4.78 is 40.4. The molecule has 0 saturated carbocycles. The van der Waals surface area contributed by atoms with Gasteiger partial charge in [-0.05, 0) is 6.42 Å². The molecule has 1 N–H and O–H groups in total. The number of nitrogens with one attached hydrogen (secondary N) is 1. The van der Waals surface area contributed by atoms with Crippen LogP contribution < -0.4 is 10.1 Å². The fourth-order valence-corrected chi connectivity index (χ4v) is 1.06. The fraction of sp³-hybridized carbons (Fsp3) is 0.556. The lowest BCUT2D eigenvalue weighted by Crippen LogP contribution is -2.20. The lowest BCUT2D eigenvalue weighted by atomic mass is 10.5. The van der Waals surface area contributed by atoms with Gasteiger partial charge in [0.05, 0.1) is 4.92 Å². The average Bonchev–Trinajstić information content (AvgIpc) is 2.32. The number of halogens is 3. The number of alkyl halides is 3. The van der Waals surface area contributed by atoms with Crippen LogP contribution in [-0.2, 0) is 0 Å². The maximum absolute atomic E-state index is 12.0. The Labute approximate surface area is 106 Å². The summed E-state index contributed by atoms with van der Waals surface area (Å²) in [7, 11) is 0. The summed E-state index contributed by atoms with van der Waals surface area (Å²) in [6.45, 7) is 0.689. The smallest absolute Gasteiger partial charge is 0.422 e. The van der Waals surface area contributed by atoms with E-state index in [2.05, 4.69) is 20.0 Å². The largest absolute Gasteiger partial charge is 0.463 e. The number of hydrogen-bond donors (Lipinski definition) is 1.